The number of ether oxygens (including phenoxy) is 4. The van der Waals surface area contributed by atoms with Gasteiger partial charge in [0, 0.05) is 12.8 Å². The predicted octanol–water partition coefficient (Wildman–Crippen LogP) is 10.8. The number of hydrogen-bond donors (Lipinski definition) is 0. The van der Waals surface area contributed by atoms with Crippen molar-refractivity contribution < 1.29 is 42.9 Å². The Labute approximate surface area is 359 Å². The van der Waals surface area contributed by atoms with Crippen LogP contribution in [0.1, 0.15) is 155 Å². The van der Waals surface area contributed by atoms with E-state index in [0.29, 0.717) is 23.9 Å². The summed E-state index contributed by atoms with van der Waals surface area (Å²) in [6.45, 7) is 4.50. The van der Waals surface area contributed by atoms with Gasteiger partial charge in [-0.15, -0.1) is 0 Å². The van der Waals surface area contributed by atoms with Crippen LogP contribution in [0.15, 0.2) is 85.1 Å². The van der Waals surface area contributed by atoms with E-state index in [-0.39, 0.29) is 38.6 Å². The number of hydrogen-bond acceptors (Lipinski definition) is 8. The quantitative estimate of drug-likeness (QED) is 0.0197. The van der Waals surface area contributed by atoms with Crippen LogP contribution in [0.5, 0.6) is 0 Å². The van der Waals surface area contributed by atoms with E-state index >= 15 is 0 Å². The summed E-state index contributed by atoms with van der Waals surface area (Å²) in [6, 6.07) is 0. The van der Waals surface area contributed by atoms with Crippen molar-refractivity contribution in [2.45, 2.75) is 167 Å². The van der Waals surface area contributed by atoms with E-state index < -0.39 is 24.3 Å². The highest BCUT2D eigenvalue weighted by atomic mass is 16.7. The SMILES string of the molecule is CC/C=C\C/C=C\C/C=C\C/C=C\C/C=C\CCCC(=O)OC(COC(=O)CCCCCCCCC/C=C\C/C=C\CCCCC)COC(OCC[N+](C)(C)C)C(=O)[O-]. The molecule has 0 saturated heterocycles. The minimum Gasteiger partial charge on any atom is -0.545 e. The molecule has 0 aliphatic carbocycles. The molecule has 59 heavy (non-hydrogen) atoms. The van der Waals surface area contributed by atoms with E-state index in [9.17, 15) is 19.5 Å². The molecule has 0 aromatic heterocycles. The molecule has 0 radical (unpaired) electrons. The largest absolute Gasteiger partial charge is 0.545 e. The smallest absolute Gasteiger partial charge is 0.306 e. The molecule has 0 fully saturated rings. The highest BCUT2D eigenvalue weighted by Gasteiger charge is 2.21. The zero-order chi connectivity index (χ0) is 43.5. The van der Waals surface area contributed by atoms with E-state index in [1.807, 2.05) is 27.2 Å². The van der Waals surface area contributed by atoms with Crippen molar-refractivity contribution in [3.8, 4) is 0 Å². The van der Waals surface area contributed by atoms with Crippen LogP contribution >= 0.6 is 0 Å². The van der Waals surface area contributed by atoms with Gasteiger partial charge >= 0.3 is 11.9 Å². The van der Waals surface area contributed by atoms with Crippen LogP contribution in [-0.4, -0.2) is 82.3 Å². The molecular formula is C50H83NO8. The fourth-order valence-electron chi connectivity index (χ4n) is 5.60. The number of quaternary nitrogens is 1. The lowest BCUT2D eigenvalue weighted by Gasteiger charge is -2.26. The normalized spacial score (nSPS) is 13.7. The first-order valence-corrected chi connectivity index (χ1v) is 22.7. The van der Waals surface area contributed by atoms with Crippen LogP contribution in [0, 0.1) is 0 Å². The van der Waals surface area contributed by atoms with Gasteiger partial charge in [-0.25, -0.2) is 0 Å². The Balaban J connectivity index is 4.56. The number of carbonyl (C=O) groups excluding carboxylic acids is 3. The number of aliphatic carboxylic acids is 1. The third-order valence-corrected chi connectivity index (χ3v) is 9.13. The zero-order valence-electron chi connectivity index (χ0n) is 37.8. The lowest BCUT2D eigenvalue weighted by Crippen LogP contribution is -2.44. The maximum absolute atomic E-state index is 12.7. The van der Waals surface area contributed by atoms with Gasteiger partial charge in [0.1, 0.15) is 13.2 Å². The molecule has 2 unspecified atom stereocenters. The molecule has 0 aliphatic rings. The van der Waals surface area contributed by atoms with E-state index in [1.54, 1.807) is 0 Å². The van der Waals surface area contributed by atoms with Crippen molar-refractivity contribution in [2.24, 2.45) is 0 Å². The number of nitrogens with zero attached hydrogens (tertiary/aromatic N) is 1. The lowest BCUT2D eigenvalue weighted by molar-refractivity contribution is -0.870. The number of unbranched alkanes of at least 4 members (excludes halogenated alkanes) is 11. The number of esters is 2. The van der Waals surface area contributed by atoms with Gasteiger partial charge in [0.05, 0.1) is 40.3 Å². The molecule has 0 saturated carbocycles. The molecule has 0 amide bonds. The Bertz CT molecular complexity index is 1240. The van der Waals surface area contributed by atoms with E-state index in [1.165, 1.54) is 44.9 Å². The van der Waals surface area contributed by atoms with Gasteiger partial charge in [-0.1, -0.05) is 144 Å². The first-order valence-electron chi connectivity index (χ1n) is 22.7. The minimum atomic E-state index is -1.64. The van der Waals surface area contributed by atoms with E-state index in [4.69, 9.17) is 18.9 Å². The summed E-state index contributed by atoms with van der Waals surface area (Å²) < 4.78 is 22.5. The topological polar surface area (TPSA) is 111 Å². The molecule has 0 aromatic carbocycles. The van der Waals surface area contributed by atoms with Gasteiger partial charge in [0.2, 0.25) is 0 Å². The van der Waals surface area contributed by atoms with Crippen molar-refractivity contribution in [3.05, 3.63) is 85.1 Å². The molecule has 9 nitrogen and oxygen atoms in total. The number of likely N-dealkylation sites (N-methyl/N-ethyl adjacent to an activating group) is 1. The maximum atomic E-state index is 12.7. The first kappa shape index (κ1) is 55.5. The number of allylic oxidation sites excluding steroid dienone is 14. The number of carboxylic acids is 1. The van der Waals surface area contributed by atoms with Crippen LogP contribution in [0.4, 0.5) is 0 Å². The average molecular weight is 826 g/mol. The Morgan fingerprint density at radius 3 is 1.49 bits per heavy atom. The lowest BCUT2D eigenvalue weighted by atomic mass is 10.1. The maximum Gasteiger partial charge on any atom is 0.306 e. The zero-order valence-corrected chi connectivity index (χ0v) is 37.8. The van der Waals surface area contributed by atoms with Crippen molar-refractivity contribution in [3.63, 3.8) is 0 Å². The monoisotopic (exact) mass is 826 g/mol. The molecular weight excluding hydrogens is 743 g/mol. The fourth-order valence-corrected chi connectivity index (χ4v) is 5.60. The standard InChI is InChI=1S/C50H83NO8/c1-6-8-10-12-14-16-18-20-22-24-26-28-30-32-34-36-38-40-47(52)57-44-46(45-58-50(49(54)55)56-43-42-51(3,4)5)59-48(53)41-39-37-35-33-31-29-27-25-23-21-19-17-15-13-11-9-7-2/h9,11,14-17,20-23,27,29,33,35,46,50H,6-8,10,12-13,18-19,24-26,28,30-32,34,36-45H2,1-5H3/b11-9-,16-14-,17-15-,22-20-,23-21-,29-27-,35-33-. The first-order chi connectivity index (χ1) is 28.6. The summed E-state index contributed by atoms with van der Waals surface area (Å²) in [5.41, 5.74) is 0. The van der Waals surface area contributed by atoms with Crippen LogP contribution in [0.2, 0.25) is 0 Å². The Hall–Kier alpha value is -3.53. The summed E-state index contributed by atoms with van der Waals surface area (Å²) in [5, 5.41) is 11.7. The summed E-state index contributed by atoms with van der Waals surface area (Å²) in [7, 11) is 5.88. The highest BCUT2D eigenvalue weighted by molar-refractivity contribution is 5.70. The Morgan fingerprint density at radius 1 is 0.525 bits per heavy atom. The number of rotatable bonds is 40. The van der Waals surface area contributed by atoms with Gasteiger partial charge in [0.15, 0.2) is 12.4 Å². The molecule has 0 heterocycles. The second-order valence-corrected chi connectivity index (χ2v) is 16.0. The minimum absolute atomic E-state index is 0.131. The number of carbonyl (C=O) groups is 3. The fraction of sp³-hybridized carbons (Fsp3) is 0.660. The molecule has 0 spiro atoms. The Morgan fingerprint density at radius 2 is 0.983 bits per heavy atom. The molecule has 0 aliphatic heterocycles. The number of carboxylic acid groups (broad SMARTS) is 1. The summed E-state index contributed by atoms with van der Waals surface area (Å²) >= 11 is 0. The summed E-state index contributed by atoms with van der Waals surface area (Å²) in [4.78, 5) is 37.0. The molecule has 0 N–H and O–H groups in total. The van der Waals surface area contributed by atoms with Crippen molar-refractivity contribution in [1.82, 2.24) is 0 Å². The van der Waals surface area contributed by atoms with Crippen LogP contribution in [0.3, 0.4) is 0 Å². The average Bonchev–Trinajstić information content (AvgIpc) is 3.19. The highest BCUT2D eigenvalue weighted by Crippen LogP contribution is 2.12. The second kappa shape index (κ2) is 41.2. The molecule has 0 bridgehead atoms. The van der Waals surface area contributed by atoms with Gasteiger partial charge in [0.25, 0.3) is 0 Å². The Kier molecular flexibility index (Phi) is 38.7. The summed E-state index contributed by atoms with van der Waals surface area (Å²) in [6.07, 6.45) is 49.0. The van der Waals surface area contributed by atoms with Crippen LogP contribution in [0.25, 0.3) is 0 Å². The van der Waals surface area contributed by atoms with Gasteiger partial charge < -0.3 is 33.3 Å². The summed E-state index contributed by atoms with van der Waals surface area (Å²) in [5.74, 6) is -2.39. The van der Waals surface area contributed by atoms with Crippen LogP contribution in [-0.2, 0) is 33.3 Å². The molecule has 9 heteroatoms. The van der Waals surface area contributed by atoms with E-state index in [2.05, 4.69) is 92.8 Å². The van der Waals surface area contributed by atoms with Gasteiger partial charge in [-0.05, 0) is 83.5 Å². The molecule has 2 atom stereocenters. The van der Waals surface area contributed by atoms with Crippen molar-refractivity contribution in [1.29, 1.82) is 0 Å². The third kappa shape index (κ3) is 42.4. The third-order valence-electron chi connectivity index (χ3n) is 9.13. The molecule has 336 valence electrons. The van der Waals surface area contributed by atoms with Crippen molar-refractivity contribution in [2.75, 3.05) is 47.5 Å². The predicted molar refractivity (Wildman–Crippen MR) is 241 cm³/mol. The second-order valence-electron chi connectivity index (χ2n) is 16.0. The van der Waals surface area contributed by atoms with Crippen LogP contribution < -0.4 is 5.11 Å². The van der Waals surface area contributed by atoms with Crippen molar-refractivity contribution >= 4 is 17.9 Å². The molecule has 0 aromatic rings. The molecule has 0 rings (SSSR count). The van der Waals surface area contributed by atoms with Gasteiger partial charge in [-0.3, -0.25) is 9.59 Å². The van der Waals surface area contributed by atoms with Gasteiger partial charge in [-0.2, -0.15) is 0 Å². The van der Waals surface area contributed by atoms with E-state index in [0.717, 1.165) is 70.6 Å².